The first-order valence-corrected chi connectivity index (χ1v) is 7.86. The lowest BCUT2D eigenvalue weighted by molar-refractivity contribution is -0.147. The van der Waals surface area contributed by atoms with Gasteiger partial charge in [0, 0.05) is 6.04 Å². The van der Waals surface area contributed by atoms with Gasteiger partial charge in [0.25, 0.3) is 5.91 Å². The average Bonchev–Trinajstić information content (AvgIpc) is 2.59. The van der Waals surface area contributed by atoms with E-state index in [2.05, 4.69) is 10.6 Å². The number of imide groups is 1. The van der Waals surface area contributed by atoms with Crippen LogP contribution in [0.15, 0.2) is 18.2 Å². The minimum atomic E-state index is -0.693. The van der Waals surface area contributed by atoms with Gasteiger partial charge in [-0.15, -0.1) is 0 Å². The fraction of sp³-hybridized carbons (Fsp3) is 0.471. The summed E-state index contributed by atoms with van der Waals surface area (Å²) in [6.07, 6.45) is 0.703. The molecule has 0 aliphatic rings. The molecule has 0 aliphatic carbocycles. The number of amides is 3. The summed E-state index contributed by atoms with van der Waals surface area (Å²) in [7, 11) is 3.01. The van der Waals surface area contributed by atoms with E-state index in [1.165, 1.54) is 14.2 Å². The molecule has 1 aromatic rings. The SMILES string of the molecule is CC[C@H](C)NC(=O)NC(=O)COC(=O)Cc1ccc(OC)c(OC)c1. The second kappa shape index (κ2) is 10.2. The third kappa shape index (κ3) is 7.11. The van der Waals surface area contributed by atoms with Crippen molar-refractivity contribution in [2.24, 2.45) is 0 Å². The summed E-state index contributed by atoms with van der Waals surface area (Å²) in [6.45, 7) is 3.19. The third-order valence-corrected chi connectivity index (χ3v) is 3.40. The Kier molecular flexibility index (Phi) is 8.25. The molecule has 0 heterocycles. The first kappa shape index (κ1) is 20.3. The van der Waals surface area contributed by atoms with E-state index in [9.17, 15) is 14.4 Å². The monoisotopic (exact) mass is 352 g/mol. The summed E-state index contributed by atoms with van der Waals surface area (Å²) < 4.78 is 15.1. The van der Waals surface area contributed by atoms with Crippen LogP contribution >= 0.6 is 0 Å². The van der Waals surface area contributed by atoms with E-state index in [4.69, 9.17) is 14.2 Å². The summed E-state index contributed by atoms with van der Waals surface area (Å²) in [5.74, 6) is -0.246. The van der Waals surface area contributed by atoms with Crippen LogP contribution in [0, 0.1) is 0 Å². The van der Waals surface area contributed by atoms with Crippen molar-refractivity contribution in [1.29, 1.82) is 0 Å². The molecule has 0 spiro atoms. The number of methoxy groups -OCH3 is 2. The van der Waals surface area contributed by atoms with E-state index >= 15 is 0 Å². The van der Waals surface area contributed by atoms with Crippen LogP contribution in [-0.2, 0) is 20.7 Å². The molecule has 2 N–H and O–H groups in total. The first-order valence-electron chi connectivity index (χ1n) is 7.86. The number of carbonyl (C=O) groups is 3. The number of ether oxygens (including phenoxy) is 3. The Labute approximate surface area is 146 Å². The summed E-state index contributed by atoms with van der Waals surface area (Å²) >= 11 is 0. The second-order valence-electron chi connectivity index (χ2n) is 5.36. The fourth-order valence-electron chi connectivity index (χ4n) is 1.88. The van der Waals surface area contributed by atoms with Crippen LogP contribution in [0.1, 0.15) is 25.8 Å². The van der Waals surface area contributed by atoms with Gasteiger partial charge in [-0.3, -0.25) is 14.9 Å². The van der Waals surface area contributed by atoms with Crippen LogP contribution in [0.25, 0.3) is 0 Å². The fourth-order valence-corrected chi connectivity index (χ4v) is 1.88. The maximum absolute atomic E-state index is 11.8. The van der Waals surface area contributed by atoms with Crippen molar-refractivity contribution in [3.63, 3.8) is 0 Å². The quantitative estimate of drug-likeness (QED) is 0.686. The zero-order valence-electron chi connectivity index (χ0n) is 14.9. The van der Waals surface area contributed by atoms with Crippen molar-refractivity contribution in [2.75, 3.05) is 20.8 Å². The molecule has 1 rings (SSSR count). The average molecular weight is 352 g/mol. The molecule has 0 fully saturated rings. The number of nitrogens with one attached hydrogen (secondary N) is 2. The minimum absolute atomic E-state index is 0.0350. The highest BCUT2D eigenvalue weighted by Crippen LogP contribution is 2.27. The summed E-state index contributed by atoms with van der Waals surface area (Å²) in [5, 5.41) is 4.67. The summed E-state index contributed by atoms with van der Waals surface area (Å²) in [6, 6.07) is 4.35. The van der Waals surface area contributed by atoms with E-state index in [0.29, 0.717) is 17.1 Å². The zero-order valence-corrected chi connectivity index (χ0v) is 14.9. The van der Waals surface area contributed by atoms with Gasteiger partial charge in [-0.25, -0.2) is 4.79 Å². The molecule has 0 saturated heterocycles. The van der Waals surface area contributed by atoms with E-state index < -0.39 is 24.5 Å². The van der Waals surface area contributed by atoms with E-state index in [1.54, 1.807) is 18.2 Å². The largest absolute Gasteiger partial charge is 0.493 e. The number of rotatable bonds is 8. The normalized spacial score (nSPS) is 11.2. The van der Waals surface area contributed by atoms with Gasteiger partial charge in [0.1, 0.15) is 0 Å². The Hall–Kier alpha value is -2.77. The van der Waals surface area contributed by atoms with Gasteiger partial charge < -0.3 is 19.5 Å². The van der Waals surface area contributed by atoms with E-state index in [0.717, 1.165) is 6.42 Å². The van der Waals surface area contributed by atoms with Crippen LogP contribution in [0.3, 0.4) is 0 Å². The Balaban J connectivity index is 2.44. The molecular formula is C17H24N2O6. The number of esters is 1. The Morgan fingerprint density at radius 1 is 1.12 bits per heavy atom. The highest BCUT2D eigenvalue weighted by molar-refractivity contribution is 5.95. The van der Waals surface area contributed by atoms with Crippen molar-refractivity contribution in [1.82, 2.24) is 10.6 Å². The molecule has 0 aliphatic heterocycles. The smallest absolute Gasteiger partial charge is 0.321 e. The highest BCUT2D eigenvalue weighted by Gasteiger charge is 2.13. The van der Waals surface area contributed by atoms with Crippen molar-refractivity contribution >= 4 is 17.9 Å². The maximum Gasteiger partial charge on any atom is 0.321 e. The topological polar surface area (TPSA) is 103 Å². The lowest BCUT2D eigenvalue weighted by Gasteiger charge is -2.12. The molecule has 138 valence electrons. The first-order chi connectivity index (χ1) is 11.9. The Morgan fingerprint density at radius 3 is 2.40 bits per heavy atom. The third-order valence-electron chi connectivity index (χ3n) is 3.40. The van der Waals surface area contributed by atoms with Gasteiger partial charge in [0.05, 0.1) is 20.6 Å². The number of hydrogen-bond donors (Lipinski definition) is 2. The predicted molar refractivity (Wildman–Crippen MR) is 90.6 cm³/mol. The lowest BCUT2D eigenvalue weighted by atomic mass is 10.1. The van der Waals surface area contributed by atoms with Gasteiger partial charge in [0.15, 0.2) is 18.1 Å². The van der Waals surface area contributed by atoms with E-state index in [1.807, 2.05) is 13.8 Å². The number of carbonyl (C=O) groups excluding carboxylic acids is 3. The van der Waals surface area contributed by atoms with Crippen LogP contribution in [0.5, 0.6) is 11.5 Å². The maximum atomic E-state index is 11.8. The number of urea groups is 1. The molecule has 0 bridgehead atoms. The van der Waals surface area contributed by atoms with Crippen LogP contribution in [0.4, 0.5) is 4.79 Å². The molecule has 0 radical (unpaired) electrons. The molecule has 0 aromatic heterocycles. The second-order valence-corrected chi connectivity index (χ2v) is 5.36. The summed E-state index contributed by atoms with van der Waals surface area (Å²) in [4.78, 5) is 34.9. The van der Waals surface area contributed by atoms with Crippen LogP contribution in [-0.4, -0.2) is 44.8 Å². The van der Waals surface area contributed by atoms with Crippen molar-refractivity contribution < 1.29 is 28.6 Å². The van der Waals surface area contributed by atoms with Crippen molar-refractivity contribution in [3.8, 4) is 11.5 Å². The Morgan fingerprint density at radius 2 is 1.80 bits per heavy atom. The number of hydrogen-bond acceptors (Lipinski definition) is 6. The molecule has 8 nitrogen and oxygen atoms in total. The molecule has 1 aromatic carbocycles. The van der Waals surface area contributed by atoms with Gasteiger partial charge in [-0.2, -0.15) is 0 Å². The van der Waals surface area contributed by atoms with Crippen LogP contribution in [0.2, 0.25) is 0 Å². The highest BCUT2D eigenvalue weighted by atomic mass is 16.5. The molecule has 3 amide bonds. The zero-order chi connectivity index (χ0) is 18.8. The van der Waals surface area contributed by atoms with Gasteiger partial charge in [0.2, 0.25) is 0 Å². The minimum Gasteiger partial charge on any atom is -0.493 e. The van der Waals surface area contributed by atoms with Gasteiger partial charge in [-0.05, 0) is 31.0 Å². The Bertz CT molecular complexity index is 617. The molecule has 0 unspecified atom stereocenters. The molecule has 8 heteroatoms. The van der Waals surface area contributed by atoms with E-state index in [-0.39, 0.29) is 12.5 Å². The van der Waals surface area contributed by atoms with Crippen molar-refractivity contribution in [2.45, 2.75) is 32.7 Å². The van der Waals surface area contributed by atoms with Crippen LogP contribution < -0.4 is 20.1 Å². The standard InChI is InChI=1S/C17H24N2O6/c1-5-11(2)18-17(22)19-15(20)10-25-16(21)9-12-6-7-13(23-3)14(8-12)24-4/h6-8,11H,5,9-10H2,1-4H3,(H2,18,19,20,22)/t11-/m0/s1. The molecular weight excluding hydrogens is 328 g/mol. The molecule has 1 atom stereocenters. The van der Waals surface area contributed by atoms with Gasteiger partial charge >= 0.3 is 12.0 Å². The lowest BCUT2D eigenvalue weighted by Crippen LogP contribution is -2.44. The summed E-state index contributed by atoms with van der Waals surface area (Å²) in [5.41, 5.74) is 0.651. The van der Waals surface area contributed by atoms with Crippen molar-refractivity contribution in [3.05, 3.63) is 23.8 Å². The van der Waals surface area contributed by atoms with Gasteiger partial charge in [-0.1, -0.05) is 13.0 Å². The number of benzene rings is 1. The molecule has 25 heavy (non-hydrogen) atoms. The predicted octanol–water partition coefficient (Wildman–Crippen LogP) is 1.41. The molecule has 0 saturated carbocycles.